The number of H-pyrrole nitrogens is 1. The number of rotatable bonds is 1. The van der Waals surface area contributed by atoms with Crippen LogP contribution in [0.2, 0.25) is 15.1 Å². The summed E-state index contributed by atoms with van der Waals surface area (Å²) < 4.78 is 0. The lowest BCUT2D eigenvalue weighted by molar-refractivity contribution is 1.34. The summed E-state index contributed by atoms with van der Waals surface area (Å²) in [6, 6.07) is 8.74. The number of aromatic nitrogens is 2. The van der Waals surface area contributed by atoms with Crippen LogP contribution in [0.3, 0.4) is 0 Å². The molecule has 3 N–H and O–H groups in total. The largest absolute Gasteiger partial charge is 0.397 e. The van der Waals surface area contributed by atoms with E-state index in [1.54, 1.807) is 24.3 Å². The van der Waals surface area contributed by atoms with Crippen LogP contribution >= 0.6 is 34.8 Å². The van der Waals surface area contributed by atoms with Gasteiger partial charge in [0.25, 0.3) is 0 Å². The normalized spacial score (nSPS) is 11.1. The van der Waals surface area contributed by atoms with E-state index in [1.807, 2.05) is 6.07 Å². The summed E-state index contributed by atoms with van der Waals surface area (Å²) in [6.07, 6.45) is 0. The van der Waals surface area contributed by atoms with Gasteiger partial charge in [0, 0.05) is 15.6 Å². The first-order valence-electron chi connectivity index (χ1n) is 5.45. The predicted octanol–water partition coefficient (Wildman–Crippen LogP) is 4.77. The lowest BCUT2D eigenvalue weighted by atomic mass is 10.1. The Morgan fingerprint density at radius 1 is 1.00 bits per heavy atom. The summed E-state index contributed by atoms with van der Waals surface area (Å²) in [7, 11) is 0. The van der Waals surface area contributed by atoms with Gasteiger partial charge in [0.2, 0.25) is 0 Å². The highest BCUT2D eigenvalue weighted by Crippen LogP contribution is 2.34. The van der Waals surface area contributed by atoms with E-state index < -0.39 is 0 Å². The van der Waals surface area contributed by atoms with Crippen molar-refractivity contribution in [2.24, 2.45) is 0 Å². The lowest BCUT2D eigenvalue weighted by Gasteiger charge is -2.05. The second kappa shape index (κ2) is 4.60. The maximum absolute atomic E-state index is 6.02. The third-order valence-electron chi connectivity index (χ3n) is 2.79. The molecule has 0 atom stereocenters. The quantitative estimate of drug-likeness (QED) is 0.636. The highest BCUT2D eigenvalue weighted by molar-refractivity contribution is 6.37. The van der Waals surface area contributed by atoms with E-state index in [4.69, 9.17) is 40.5 Å². The Balaban J connectivity index is 2.24. The zero-order valence-corrected chi connectivity index (χ0v) is 11.8. The first-order chi connectivity index (χ1) is 9.04. The first-order valence-corrected chi connectivity index (χ1v) is 6.58. The van der Waals surface area contributed by atoms with Crippen molar-refractivity contribution < 1.29 is 0 Å². The molecule has 0 bridgehead atoms. The van der Waals surface area contributed by atoms with Crippen LogP contribution in [0.25, 0.3) is 22.4 Å². The molecule has 3 rings (SSSR count). The lowest BCUT2D eigenvalue weighted by Crippen LogP contribution is -1.92. The number of aromatic amines is 1. The van der Waals surface area contributed by atoms with Crippen LogP contribution in [0.15, 0.2) is 30.3 Å². The predicted molar refractivity (Wildman–Crippen MR) is 81.0 cm³/mol. The van der Waals surface area contributed by atoms with Crippen LogP contribution in [0.4, 0.5) is 5.69 Å². The number of anilines is 1. The highest BCUT2D eigenvalue weighted by atomic mass is 35.5. The van der Waals surface area contributed by atoms with E-state index in [1.165, 1.54) is 0 Å². The molecule has 1 heterocycles. The molecule has 3 aromatic rings. The molecule has 0 amide bonds. The molecule has 2 aromatic carbocycles. The minimum absolute atomic E-state index is 0.404. The molecule has 6 heteroatoms. The Kier molecular flexibility index (Phi) is 3.05. The summed E-state index contributed by atoms with van der Waals surface area (Å²) in [5.41, 5.74) is 8.70. The van der Waals surface area contributed by atoms with Crippen molar-refractivity contribution >= 4 is 51.5 Å². The molecule has 1 aromatic heterocycles. The van der Waals surface area contributed by atoms with Crippen LogP contribution < -0.4 is 5.73 Å². The monoisotopic (exact) mass is 311 g/mol. The summed E-state index contributed by atoms with van der Waals surface area (Å²) in [5.74, 6) is 0.610. The molecule has 0 aliphatic rings. The van der Waals surface area contributed by atoms with Crippen molar-refractivity contribution in [2.75, 3.05) is 5.73 Å². The van der Waals surface area contributed by atoms with E-state index >= 15 is 0 Å². The van der Waals surface area contributed by atoms with Gasteiger partial charge >= 0.3 is 0 Å². The van der Waals surface area contributed by atoms with Gasteiger partial charge in [-0.1, -0.05) is 34.8 Å². The van der Waals surface area contributed by atoms with E-state index in [0.29, 0.717) is 32.1 Å². The van der Waals surface area contributed by atoms with Crippen molar-refractivity contribution in [3.63, 3.8) is 0 Å². The van der Waals surface area contributed by atoms with Crippen molar-refractivity contribution in [1.82, 2.24) is 9.97 Å². The van der Waals surface area contributed by atoms with E-state index in [2.05, 4.69) is 9.97 Å². The van der Waals surface area contributed by atoms with Crippen LogP contribution in [0.1, 0.15) is 0 Å². The third-order valence-corrected chi connectivity index (χ3v) is 3.56. The van der Waals surface area contributed by atoms with Crippen molar-refractivity contribution in [2.45, 2.75) is 0 Å². The summed E-state index contributed by atoms with van der Waals surface area (Å²) in [5, 5.41) is 1.55. The van der Waals surface area contributed by atoms with Crippen LogP contribution in [-0.2, 0) is 0 Å². The molecule has 0 spiro atoms. The maximum atomic E-state index is 6.02. The number of hydrogen-bond donors (Lipinski definition) is 2. The fourth-order valence-electron chi connectivity index (χ4n) is 1.89. The number of imidazole rings is 1. The number of nitrogens with zero attached hydrogens (tertiary/aromatic N) is 1. The van der Waals surface area contributed by atoms with Gasteiger partial charge in [0.1, 0.15) is 5.82 Å². The molecule has 0 aliphatic carbocycles. The number of fused-ring (bicyclic) bond motifs is 1. The molecule has 0 aliphatic heterocycles. The van der Waals surface area contributed by atoms with E-state index in [0.717, 1.165) is 11.0 Å². The Morgan fingerprint density at radius 3 is 2.58 bits per heavy atom. The van der Waals surface area contributed by atoms with Crippen molar-refractivity contribution in [1.29, 1.82) is 0 Å². The summed E-state index contributed by atoms with van der Waals surface area (Å²) in [4.78, 5) is 7.61. The molecule has 0 unspecified atom stereocenters. The number of nitrogens with one attached hydrogen (secondary N) is 1. The second-order valence-electron chi connectivity index (χ2n) is 4.10. The smallest absolute Gasteiger partial charge is 0.140 e. The van der Waals surface area contributed by atoms with Gasteiger partial charge in [0.05, 0.1) is 21.7 Å². The minimum Gasteiger partial charge on any atom is -0.397 e. The first kappa shape index (κ1) is 12.6. The van der Waals surface area contributed by atoms with Crippen LogP contribution in [0.5, 0.6) is 0 Å². The molecule has 0 fully saturated rings. The number of nitrogen functional groups attached to an aromatic ring is 1. The average Bonchev–Trinajstić information content (AvgIpc) is 2.76. The third kappa shape index (κ3) is 2.25. The van der Waals surface area contributed by atoms with E-state index in [-0.39, 0.29) is 0 Å². The minimum atomic E-state index is 0.404. The van der Waals surface area contributed by atoms with Gasteiger partial charge in [-0.05, 0) is 30.3 Å². The van der Waals surface area contributed by atoms with Gasteiger partial charge in [-0.2, -0.15) is 0 Å². The highest BCUT2D eigenvalue weighted by Gasteiger charge is 2.12. The SMILES string of the molecule is Nc1c(Cl)cc(Cl)cc1-c1nc2ccc(Cl)cc2[nH]1. The Hall–Kier alpha value is -1.42. The molecular formula is C13H8Cl3N3. The Bertz CT molecular complexity index is 780. The van der Waals surface area contributed by atoms with Gasteiger partial charge in [0.15, 0.2) is 0 Å². The van der Waals surface area contributed by atoms with Gasteiger partial charge in [-0.25, -0.2) is 4.98 Å². The number of nitrogens with two attached hydrogens (primary N) is 1. The Morgan fingerprint density at radius 2 is 1.79 bits per heavy atom. The topological polar surface area (TPSA) is 54.7 Å². The number of benzene rings is 2. The number of hydrogen-bond acceptors (Lipinski definition) is 2. The second-order valence-corrected chi connectivity index (χ2v) is 5.38. The van der Waals surface area contributed by atoms with Gasteiger partial charge in [-0.15, -0.1) is 0 Å². The zero-order valence-electron chi connectivity index (χ0n) is 9.55. The van der Waals surface area contributed by atoms with Crippen molar-refractivity contribution in [3.8, 4) is 11.4 Å². The van der Waals surface area contributed by atoms with Crippen LogP contribution in [-0.4, -0.2) is 9.97 Å². The summed E-state index contributed by atoms with van der Waals surface area (Å²) >= 11 is 18.0. The van der Waals surface area contributed by atoms with Gasteiger partial charge < -0.3 is 10.7 Å². The zero-order chi connectivity index (χ0) is 13.6. The van der Waals surface area contributed by atoms with Crippen molar-refractivity contribution in [3.05, 3.63) is 45.4 Å². The molecule has 96 valence electrons. The standard InChI is InChI=1S/C13H8Cl3N3/c14-6-1-2-10-11(5-6)19-13(18-10)8-3-7(15)4-9(16)12(8)17/h1-5H,17H2,(H,18,19). The summed E-state index contributed by atoms with van der Waals surface area (Å²) in [6.45, 7) is 0. The van der Waals surface area contributed by atoms with Gasteiger partial charge in [-0.3, -0.25) is 0 Å². The molecule has 3 nitrogen and oxygen atoms in total. The maximum Gasteiger partial charge on any atom is 0.140 e. The van der Waals surface area contributed by atoms with E-state index in [9.17, 15) is 0 Å². The molecule has 0 saturated heterocycles. The van der Waals surface area contributed by atoms with Crippen LogP contribution in [0, 0.1) is 0 Å². The fourth-order valence-corrected chi connectivity index (χ4v) is 2.56. The Labute approximate surface area is 124 Å². The number of halogens is 3. The molecule has 19 heavy (non-hydrogen) atoms. The average molecular weight is 313 g/mol. The fraction of sp³-hybridized carbons (Fsp3) is 0. The molecule has 0 saturated carbocycles. The molecule has 0 radical (unpaired) electrons. The molecular weight excluding hydrogens is 305 g/mol.